The molecule has 2 amide bonds. The van der Waals surface area contributed by atoms with Crippen LogP contribution in [0.5, 0.6) is 0 Å². The standard InChI is InChI=1S/C23H27N3O3/c1-4-16-7-5-6-15(2)22(16)26-14-18(11-21(26)28)23(29)25-9-8-17-10-20(27)24(3)12-19(17)13-25/h5-7,10,12,18H,4,8-9,11,13-14H2,1-3H3. The van der Waals surface area contributed by atoms with Crippen molar-refractivity contribution in [3.8, 4) is 0 Å². The smallest absolute Gasteiger partial charge is 0.250 e. The summed E-state index contributed by atoms with van der Waals surface area (Å²) in [6, 6.07) is 7.75. The largest absolute Gasteiger partial charge is 0.338 e. The van der Waals surface area contributed by atoms with Crippen LogP contribution in [0, 0.1) is 12.8 Å². The number of pyridine rings is 1. The van der Waals surface area contributed by atoms with E-state index in [4.69, 9.17) is 0 Å². The van der Waals surface area contributed by atoms with E-state index in [-0.39, 0.29) is 29.7 Å². The number of para-hydroxylation sites is 1. The molecule has 1 aromatic heterocycles. The Morgan fingerprint density at radius 1 is 1.21 bits per heavy atom. The number of carbonyl (C=O) groups is 2. The van der Waals surface area contributed by atoms with Crippen molar-refractivity contribution in [3.63, 3.8) is 0 Å². The van der Waals surface area contributed by atoms with Crippen molar-refractivity contribution >= 4 is 17.5 Å². The van der Waals surface area contributed by atoms with E-state index in [9.17, 15) is 14.4 Å². The van der Waals surface area contributed by atoms with E-state index in [0.717, 1.165) is 34.4 Å². The van der Waals surface area contributed by atoms with Gasteiger partial charge in [-0.15, -0.1) is 0 Å². The number of anilines is 1. The van der Waals surface area contributed by atoms with Crippen LogP contribution in [0.25, 0.3) is 0 Å². The third kappa shape index (κ3) is 3.48. The number of fused-ring (bicyclic) bond motifs is 1. The number of hydrogen-bond acceptors (Lipinski definition) is 3. The molecule has 4 rings (SSSR count). The third-order valence-corrected chi connectivity index (χ3v) is 6.18. The summed E-state index contributed by atoms with van der Waals surface area (Å²) in [5, 5.41) is 0. The lowest BCUT2D eigenvalue weighted by Crippen LogP contribution is -2.41. The van der Waals surface area contributed by atoms with Gasteiger partial charge in [-0.2, -0.15) is 0 Å². The Bertz CT molecular complexity index is 1040. The second-order valence-electron chi connectivity index (χ2n) is 8.12. The first-order valence-electron chi connectivity index (χ1n) is 10.2. The Labute approximate surface area is 170 Å². The SMILES string of the molecule is CCc1cccc(C)c1N1CC(C(=O)N2CCc3cc(=O)n(C)cc3C2)CC1=O. The lowest BCUT2D eigenvalue weighted by Gasteiger charge is -2.31. The van der Waals surface area contributed by atoms with E-state index in [2.05, 4.69) is 13.0 Å². The molecule has 0 bridgehead atoms. The highest BCUT2D eigenvalue weighted by Gasteiger charge is 2.39. The average Bonchev–Trinajstić information content (AvgIpc) is 3.08. The van der Waals surface area contributed by atoms with Gasteiger partial charge >= 0.3 is 0 Å². The summed E-state index contributed by atoms with van der Waals surface area (Å²) in [5.74, 6) is -0.264. The van der Waals surface area contributed by atoms with Gasteiger partial charge in [-0.25, -0.2) is 0 Å². The molecule has 2 aliphatic heterocycles. The Morgan fingerprint density at radius 2 is 2.00 bits per heavy atom. The summed E-state index contributed by atoms with van der Waals surface area (Å²) < 4.78 is 1.55. The van der Waals surface area contributed by atoms with Gasteiger partial charge in [-0.05, 0) is 42.0 Å². The molecular weight excluding hydrogens is 366 g/mol. The molecule has 6 heteroatoms. The average molecular weight is 393 g/mol. The van der Waals surface area contributed by atoms with E-state index >= 15 is 0 Å². The van der Waals surface area contributed by atoms with E-state index in [1.165, 1.54) is 0 Å². The summed E-state index contributed by atoms with van der Waals surface area (Å²) in [6.07, 6.45) is 3.61. The number of carbonyl (C=O) groups excluding carboxylic acids is 2. The van der Waals surface area contributed by atoms with E-state index in [1.54, 1.807) is 22.6 Å². The number of nitrogens with zero attached hydrogens (tertiary/aromatic N) is 3. The molecule has 1 saturated heterocycles. The first-order valence-corrected chi connectivity index (χ1v) is 10.2. The molecule has 1 fully saturated rings. The molecule has 29 heavy (non-hydrogen) atoms. The molecule has 0 saturated carbocycles. The van der Waals surface area contributed by atoms with E-state index in [0.29, 0.717) is 26.1 Å². The molecule has 0 radical (unpaired) electrons. The number of benzene rings is 1. The topological polar surface area (TPSA) is 62.6 Å². The Kier molecular flexibility index (Phi) is 5.03. The van der Waals surface area contributed by atoms with Gasteiger partial charge in [-0.1, -0.05) is 25.1 Å². The molecule has 1 aromatic carbocycles. The van der Waals surface area contributed by atoms with Crippen molar-refractivity contribution in [1.29, 1.82) is 0 Å². The van der Waals surface area contributed by atoms with Gasteiger partial charge < -0.3 is 14.4 Å². The van der Waals surface area contributed by atoms with Gasteiger partial charge in [0.25, 0.3) is 5.56 Å². The van der Waals surface area contributed by atoms with Crippen molar-refractivity contribution in [2.75, 3.05) is 18.0 Å². The molecule has 0 aliphatic carbocycles. The van der Waals surface area contributed by atoms with Gasteiger partial charge in [0.15, 0.2) is 0 Å². The zero-order valence-electron chi connectivity index (χ0n) is 17.3. The quantitative estimate of drug-likeness (QED) is 0.803. The predicted molar refractivity (Wildman–Crippen MR) is 112 cm³/mol. The van der Waals surface area contributed by atoms with Crippen molar-refractivity contribution in [2.24, 2.45) is 13.0 Å². The predicted octanol–water partition coefficient (Wildman–Crippen LogP) is 2.19. The molecule has 2 aromatic rings. The molecule has 0 N–H and O–H groups in total. The maximum atomic E-state index is 13.2. The maximum Gasteiger partial charge on any atom is 0.250 e. The molecule has 3 heterocycles. The maximum absolute atomic E-state index is 13.2. The number of rotatable bonds is 3. The molecular formula is C23H27N3O3. The van der Waals surface area contributed by atoms with E-state index < -0.39 is 0 Å². The van der Waals surface area contributed by atoms with Crippen molar-refractivity contribution in [1.82, 2.24) is 9.47 Å². The van der Waals surface area contributed by atoms with Crippen molar-refractivity contribution < 1.29 is 9.59 Å². The normalized spacial score (nSPS) is 18.9. The van der Waals surface area contributed by atoms with Crippen LogP contribution in [-0.4, -0.2) is 34.4 Å². The minimum atomic E-state index is -0.319. The highest BCUT2D eigenvalue weighted by atomic mass is 16.2. The number of aromatic nitrogens is 1. The summed E-state index contributed by atoms with van der Waals surface area (Å²) >= 11 is 0. The van der Waals surface area contributed by atoms with Crippen LogP contribution < -0.4 is 10.5 Å². The fraction of sp³-hybridized carbons (Fsp3) is 0.435. The van der Waals surface area contributed by atoms with Crippen molar-refractivity contribution in [3.05, 3.63) is 63.1 Å². The van der Waals surface area contributed by atoms with Crippen LogP contribution in [0.2, 0.25) is 0 Å². The molecule has 152 valence electrons. The Hall–Kier alpha value is -2.89. The molecule has 2 aliphatic rings. The van der Waals surface area contributed by atoms with Crippen molar-refractivity contribution in [2.45, 2.75) is 39.7 Å². The summed E-state index contributed by atoms with van der Waals surface area (Å²) in [6.45, 7) is 5.63. The summed E-state index contributed by atoms with van der Waals surface area (Å²) in [5.41, 5.74) is 5.19. The van der Waals surface area contributed by atoms with E-state index in [1.807, 2.05) is 30.2 Å². The van der Waals surface area contributed by atoms with Gasteiger partial charge in [0.1, 0.15) is 0 Å². The highest BCUT2D eigenvalue weighted by molar-refractivity contribution is 6.01. The zero-order valence-corrected chi connectivity index (χ0v) is 17.3. The lowest BCUT2D eigenvalue weighted by molar-refractivity contribution is -0.136. The van der Waals surface area contributed by atoms with Gasteiger partial charge in [0.2, 0.25) is 11.8 Å². The number of aryl methyl sites for hydroxylation is 3. The summed E-state index contributed by atoms with van der Waals surface area (Å²) in [4.78, 5) is 41.5. The Morgan fingerprint density at radius 3 is 2.76 bits per heavy atom. The van der Waals surface area contributed by atoms with Crippen LogP contribution in [0.4, 0.5) is 5.69 Å². The molecule has 1 atom stereocenters. The lowest BCUT2D eigenvalue weighted by atomic mass is 9.99. The van der Waals surface area contributed by atoms with Crippen LogP contribution in [0.15, 0.2) is 35.3 Å². The van der Waals surface area contributed by atoms with Gasteiger partial charge in [-0.3, -0.25) is 14.4 Å². The van der Waals surface area contributed by atoms with Crippen LogP contribution in [0.3, 0.4) is 0 Å². The second-order valence-corrected chi connectivity index (χ2v) is 8.12. The fourth-order valence-corrected chi connectivity index (χ4v) is 4.57. The number of amides is 2. The van der Waals surface area contributed by atoms with Crippen LogP contribution >= 0.6 is 0 Å². The minimum absolute atomic E-state index is 0.0205. The monoisotopic (exact) mass is 393 g/mol. The first-order chi connectivity index (χ1) is 13.9. The molecule has 6 nitrogen and oxygen atoms in total. The van der Waals surface area contributed by atoms with Crippen LogP contribution in [-0.2, 0) is 36.0 Å². The summed E-state index contributed by atoms with van der Waals surface area (Å²) in [7, 11) is 1.73. The Balaban J connectivity index is 1.53. The molecule has 1 unspecified atom stereocenters. The fourth-order valence-electron chi connectivity index (χ4n) is 4.57. The minimum Gasteiger partial charge on any atom is -0.338 e. The molecule has 0 spiro atoms. The second kappa shape index (κ2) is 7.50. The first kappa shape index (κ1) is 19.4. The zero-order chi connectivity index (χ0) is 20.7. The third-order valence-electron chi connectivity index (χ3n) is 6.18. The highest BCUT2D eigenvalue weighted by Crippen LogP contribution is 2.33. The van der Waals surface area contributed by atoms with Gasteiger partial charge in [0.05, 0.1) is 5.92 Å². The van der Waals surface area contributed by atoms with Gasteiger partial charge in [0, 0.05) is 51.1 Å². The number of hydrogen-bond donors (Lipinski definition) is 0. The van der Waals surface area contributed by atoms with Crippen LogP contribution in [0.1, 0.15) is 35.6 Å².